The average molecular weight is 269 g/mol. The topological polar surface area (TPSA) is 72.9 Å². The highest BCUT2D eigenvalue weighted by Gasteiger charge is 2.47. The Hall–Kier alpha value is -1.30. The fraction of sp³-hybridized carbons (Fsp3) is 0.846. The molecule has 2 N–H and O–H groups in total. The van der Waals surface area contributed by atoms with Gasteiger partial charge in [-0.3, -0.25) is 0 Å². The van der Waals surface area contributed by atoms with E-state index in [1.165, 1.54) is 4.90 Å². The van der Waals surface area contributed by atoms with Crippen molar-refractivity contribution in [1.29, 1.82) is 0 Å². The van der Waals surface area contributed by atoms with E-state index in [2.05, 4.69) is 5.32 Å². The van der Waals surface area contributed by atoms with Crippen molar-refractivity contribution >= 4 is 12.0 Å². The highest BCUT2D eigenvalue weighted by atomic mass is 16.4. The lowest BCUT2D eigenvalue weighted by Gasteiger charge is -2.38. The Labute approximate surface area is 113 Å². The number of amides is 2. The highest BCUT2D eigenvalue weighted by Crippen LogP contribution is 2.30. The number of hydrogen-bond donors (Lipinski definition) is 2. The average Bonchev–Trinajstić information content (AvgIpc) is 2.81. The lowest BCUT2D eigenvalue weighted by atomic mass is 9.99. The summed E-state index contributed by atoms with van der Waals surface area (Å²) in [6.07, 6.45) is 3.16. The zero-order valence-corrected chi connectivity index (χ0v) is 11.7. The Morgan fingerprint density at radius 2 is 2.00 bits per heavy atom. The van der Waals surface area contributed by atoms with E-state index in [1.807, 2.05) is 0 Å². The maximum Gasteiger partial charge on any atom is 0.329 e. The van der Waals surface area contributed by atoms with E-state index in [0.29, 0.717) is 13.0 Å². The molecule has 0 aromatic heterocycles. The number of carbonyl (C=O) groups is 2. The van der Waals surface area contributed by atoms with Crippen molar-refractivity contribution in [2.45, 2.75) is 44.2 Å². The first-order valence-corrected chi connectivity index (χ1v) is 6.95. The predicted octanol–water partition coefficient (Wildman–Crippen LogP) is 0.729. The first-order valence-electron chi connectivity index (χ1n) is 6.95. The first kappa shape index (κ1) is 14.1. The van der Waals surface area contributed by atoms with Crippen molar-refractivity contribution in [3.05, 3.63) is 0 Å². The van der Waals surface area contributed by atoms with Gasteiger partial charge in [0, 0.05) is 19.6 Å². The fourth-order valence-electron chi connectivity index (χ4n) is 3.03. The molecule has 2 amide bonds. The highest BCUT2D eigenvalue weighted by molar-refractivity contribution is 5.86. The quantitative estimate of drug-likeness (QED) is 0.775. The maximum atomic E-state index is 12.5. The molecule has 1 atom stereocenters. The van der Waals surface area contributed by atoms with E-state index in [-0.39, 0.29) is 12.1 Å². The number of likely N-dealkylation sites (tertiary alicyclic amines) is 1. The molecule has 108 valence electrons. The minimum Gasteiger partial charge on any atom is -0.480 e. The summed E-state index contributed by atoms with van der Waals surface area (Å²) in [5.74, 6) is -0.905. The van der Waals surface area contributed by atoms with Crippen molar-refractivity contribution in [2.75, 3.05) is 26.7 Å². The second kappa shape index (κ2) is 5.36. The van der Waals surface area contributed by atoms with Crippen molar-refractivity contribution in [3.63, 3.8) is 0 Å². The van der Waals surface area contributed by atoms with Crippen LogP contribution in [-0.4, -0.2) is 65.2 Å². The molecule has 0 spiro atoms. The number of carboxylic acid groups (broad SMARTS) is 1. The van der Waals surface area contributed by atoms with Gasteiger partial charge in [0.25, 0.3) is 0 Å². The van der Waals surface area contributed by atoms with Crippen LogP contribution in [0, 0.1) is 0 Å². The third-order valence-electron chi connectivity index (χ3n) is 4.49. The van der Waals surface area contributed by atoms with Crippen LogP contribution in [0.15, 0.2) is 0 Å². The van der Waals surface area contributed by atoms with Crippen LogP contribution < -0.4 is 5.32 Å². The van der Waals surface area contributed by atoms with Crippen LogP contribution in [0.1, 0.15) is 32.6 Å². The van der Waals surface area contributed by atoms with Gasteiger partial charge in [0.15, 0.2) is 0 Å². The molecule has 19 heavy (non-hydrogen) atoms. The van der Waals surface area contributed by atoms with E-state index in [4.69, 9.17) is 0 Å². The summed E-state index contributed by atoms with van der Waals surface area (Å²) in [5, 5.41) is 12.6. The zero-order chi connectivity index (χ0) is 14.0. The summed E-state index contributed by atoms with van der Waals surface area (Å²) in [4.78, 5) is 27.2. The molecule has 0 saturated carbocycles. The molecule has 0 aliphatic carbocycles. The van der Waals surface area contributed by atoms with Gasteiger partial charge in [-0.2, -0.15) is 0 Å². The van der Waals surface area contributed by atoms with Crippen LogP contribution in [-0.2, 0) is 4.79 Å². The molecule has 2 heterocycles. The monoisotopic (exact) mass is 269 g/mol. The zero-order valence-electron chi connectivity index (χ0n) is 11.7. The summed E-state index contributed by atoms with van der Waals surface area (Å²) in [7, 11) is 1.79. The molecule has 0 aromatic carbocycles. The normalized spacial score (nSPS) is 28.4. The van der Waals surface area contributed by atoms with Gasteiger partial charge in [-0.05, 0) is 45.7 Å². The largest absolute Gasteiger partial charge is 0.480 e. The van der Waals surface area contributed by atoms with Gasteiger partial charge in [-0.25, -0.2) is 9.59 Å². The van der Waals surface area contributed by atoms with Gasteiger partial charge < -0.3 is 20.2 Å². The molecule has 2 rings (SSSR count). The Balaban J connectivity index is 2.07. The summed E-state index contributed by atoms with van der Waals surface area (Å²) < 4.78 is 0. The molecule has 6 heteroatoms. The van der Waals surface area contributed by atoms with Crippen molar-refractivity contribution < 1.29 is 14.7 Å². The number of carboxylic acids is 1. The van der Waals surface area contributed by atoms with Gasteiger partial charge in [-0.15, -0.1) is 0 Å². The second-order valence-electron chi connectivity index (χ2n) is 5.71. The minimum atomic E-state index is -1.04. The van der Waals surface area contributed by atoms with Crippen LogP contribution in [0.25, 0.3) is 0 Å². The lowest BCUT2D eigenvalue weighted by Crippen LogP contribution is -2.57. The molecule has 1 unspecified atom stereocenters. The fourth-order valence-corrected chi connectivity index (χ4v) is 3.03. The molecular weight excluding hydrogens is 246 g/mol. The SMILES string of the molecule is CN(C(=O)N1CCCC1(C)C(=O)O)C1CCNCC1. The van der Waals surface area contributed by atoms with Crippen LogP contribution in [0.4, 0.5) is 4.79 Å². The summed E-state index contributed by atoms with van der Waals surface area (Å²) in [6, 6.07) is 0.0710. The van der Waals surface area contributed by atoms with Crippen LogP contribution in [0.2, 0.25) is 0 Å². The lowest BCUT2D eigenvalue weighted by molar-refractivity contribution is -0.147. The molecule has 0 aromatic rings. The maximum absolute atomic E-state index is 12.5. The van der Waals surface area contributed by atoms with E-state index >= 15 is 0 Å². The molecule has 2 aliphatic heterocycles. The predicted molar refractivity (Wildman–Crippen MR) is 71.0 cm³/mol. The third kappa shape index (κ3) is 2.54. The van der Waals surface area contributed by atoms with Crippen LogP contribution in [0.5, 0.6) is 0 Å². The van der Waals surface area contributed by atoms with Crippen molar-refractivity contribution in [3.8, 4) is 0 Å². The Morgan fingerprint density at radius 1 is 1.37 bits per heavy atom. The molecule has 2 aliphatic rings. The molecule has 2 fully saturated rings. The number of urea groups is 1. The Bertz CT molecular complexity index is 368. The second-order valence-corrected chi connectivity index (χ2v) is 5.71. The number of nitrogens with one attached hydrogen (secondary N) is 1. The van der Waals surface area contributed by atoms with E-state index in [9.17, 15) is 14.7 Å². The number of nitrogens with zero attached hydrogens (tertiary/aromatic N) is 2. The number of piperidine rings is 1. The number of aliphatic carboxylic acids is 1. The summed E-state index contributed by atoms with van der Waals surface area (Å²) in [5.41, 5.74) is -1.04. The number of carbonyl (C=O) groups excluding carboxylic acids is 1. The minimum absolute atomic E-state index is 0.144. The van der Waals surface area contributed by atoms with Gasteiger partial charge in [0.05, 0.1) is 0 Å². The van der Waals surface area contributed by atoms with Gasteiger partial charge in [0.1, 0.15) is 5.54 Å². The van der Waals surface area contributed by atoms with Crippen molar-refractivity contribution in [2.24, 2.45) is 0 Å². The third-order valence-corrected chi connectivity index (χ3v) is 4.49. The number of rotatable bonds is 2. The first-order chi connectivity index (χ1) is 8.97. The van der Waals surface area contributed by atoms with Gasteiger partial charge in [-0.1, -0.05) is 0 Å². The van der Waals surface area contributed by atoms with E-state index < -0.39 is 11.5 Å². The molecule has 0 radical (unpaired) electrons. The summed E-state index contributed by atoms with van der Waals surface area (Å²) in [6.45, 7) is 4.02. The van der Waals surface area contributed by atoms with Gasteiger partial charge in [0.2, 0.25) is 0 Å². The molecular formula is C13H23N3O3. The molecule has 6 nitrogen and oxygen atoms in total. The van der Waals surface area contributed by atoms with Crippen LogP contribution in [0.3, 0.4) is 0 Å². The molecule has 2 saturated heterocycles. The number of hydrogen-bond acceptors (Lipinski definition) is 3. The smallest absolute Gasteiger partial charge is 0.329 e. The Kier molecular flexibility index (Phi) is 3.99. The van der Waals surface area contributed by atoms with E-state index in [0.717, 1.165) is 32.4 Å². The Morgan fingerprint density at radius 3 is 2.58 bits per heavy atom. The standard InChI is InChI=1S/C13H23N3O3/c1-13(11(17)18)6-3-9-16(13)12(19)15(2)10-4-7-14-8-5-10/h10,14H,3-9H2,1-2H3,(H,17,18). The molecule has 0 bridgehead atoms. The van der Waals surface area contributed by atoms with Crippen LogP contribution >= 0.6 is 0 Å². The van der Waals surface area contributed by atoms with Crippen molar-refractivity contribution in [1.82, 2.24) is 15.1 Å². The van der Waals surface area contributed by atoms with E-state index in [1.54, 1.807) is 18.9 Å². The summed E-state index contributed by atoms with van der Waals surface area (Å²) >= 11 is 0. The van der Waals surface area contributed by atoms with Gasteiger partial charge >= 0.3 is 12.0 Å².